The van der Waals surface area contributed by atoms with E-state index in [0.717, 1.165) is 4.70 Å². The quantitative estimate of drug-likeness (QED) is 0.925. The van der Waals surface area contributed by atoms with Gasteiger partial charge in [-0.05, 0) is 12.1 Å². The van der Waals surface area contributed by atoms with Gasteiger partial charge in [-0.15, -0.1) is 0 Å². The number of aromatic nitrogens is 1. The van der Waals surface area contributed by atoms with E-state index in [1.54, 1.807) is 6.07 Å². The second-order valence-corrected chi connectivity index (χ2v) is 6.98. The van der Waals surface area contributed by atoms with Crippen molar-refractivity contribution in [3.8, 4) is 0 Å². The van der Waals surface area contributed by atoms with E-state index < -0.39 is 9.84 Å². The third-order valence-corrected chi connectivity index (χ3v) is 4.04. The summed E-state index contributed by atoms with van der Waals surface area (Å²) in [6.45, 7) is 0.307. The third kappa shape index (κ3) is 3.37. The number of fused-ring (bicyclic) bond motifs is 1. The van der Waals surface area contributed by atoms with Gasteiger partial charge in [-0.25, -0.2) is 17.8 Å². The van der Waals surface area contributed by atoms with Crippen molar-refractivity contribution >= 4 is 36.5 Å². The van der Waals surface area contributed by atoms with Gasteiger partial charge >= 0.3 is 0 Å². The normalized spacial score (nSPS) is 11.9. The number of anilines is 1. The lowest BCUT2D eigenvalue weighted by Crippen LogP contribution is -2.13. The molecular weight excluding hydrogens is 263 g/mol. The van der Waals surface area contributed by atoms with Crippen LogP contribution in [0, 0.1) is 5.82 Å². The summed E-state index contributed by atoms with van der Waals surface area (Å²) in [5, 5.41) is 3.52. The fourth-order valence-electron chi connectivity index (χ4n) is 1.32. The Morgan fingerprint density at radius 2 is 2.24 bits per heavy atom. The monoisotopic (exact) mass is 274 g/mol. The minimum absolute atomic E-state index is 0.0529. The number of sulfone groups is 1. The highest BCUT2D eigenvalue weighted by molar-refractivity contribution is 7.90. The van der Waals surface area contributed by atoms with Crippen molar-refractivity contribution in [3.05, 3.63) is 24.0 Å². The fraction of sp³-hybridized carbons (Fsp3) is 0.300. The Kier molecular flexibility index (Phi) is 3.30. The molecule has 7 heteroatoms. The molecule has 0 aliphatic rings. The summed E-state index contributed by atoms with van der Waals surface area (Å²) in [4.78, 5) is 4.17. The smallest absolute Gasteiger partial charge is 0.183 e. The van der Waals surface area contributed by atoms with Crippen LogP contribution in [0.5, 0.6) is 0 Å². The van der Waals surface area contributed by atoms with Crippen LogP contribution in [0.4, 0.5) is 9.52 Å². The second kappa shape index (κ2) is 4.58. The minimum Gasteiger partial charge on any atom is -0.360 e. The van der Waals surface area contributed by atoms with E-state index in [9.17, 15) is 12.8 Å². The number of nitrogens with one attached hydrogen (secondary N) is 1. The summed E-state index contributed by atoms with van der Waals surface area (Å²) in [6, 6.07) is 4.39. The lowest BCUT2D eigenvalue weighted by atomic mass is 10.3. The summed E-state index contributed by atoms with van der Waals surface area (Å²) in [5.74, 6) is -0.275. The molecule has 0 saturated carbocycles. The maximum absolute atomic E-state index is 12.9. The van der Waals surface area contributed by atoms with Gasteiger partial charge in [0.25, 0.3) is 0 Å². The zero-order valence-corrected chi connectivity index (χ0v) is 10.7. The number of hydrogen-bond acceptors (Lipinski definition) is 5. The van der Waals surface area contributed by atoms with Crippen molar-refractivity contribution in [2.75, 3.05) is 23.9 Å². The number of thiazole rings is 1. The van der Waals surface area contributed by atoms with Gasteiger partial charge in [-0.1, -0.05) is 11.3 Å². The Labute approximate surface area is 102 Å². The molecule has 0 aliphatic carbocycles. The van der Waals surface area contributed by atoms with Gasteiger partial charge < -0.3 is 5.32 Å². The summed E-state index contributed by atoms with van der Waals surface area (Å²) < 4.78 is 35.7. The van der Waals surface area contributed by atoms with E-state index in [1.165, 1.54) is 29.7 Å². The maximum atomic E-state index is 12.9. The molecule has 0 bridgehead atoms. The summed E-state index contributed by atoms with van der Waals surface area (Å²) in [6.07, 6.45) is 1.18. The molecule has 1 aromatic heterocycles. The summed E-state index contributed by atoms with van der Waals surface area (Å²) >= 11 is 1.37. The van der Waals surface area contributed by atoms with Crippen LogP contribution in [-0.4, -0.2) is 32.0 Å². The van der Waals surface area contributed by atoms with Gasteiger partial charge in [0.2, 0.25) is 0 Å². The standard InChI is InChI=1S/C10H11FN2O2S2/c1-17(14,15)5-4-12-10-13-8-6-7(11)2-3-9(8)16-10/h2-3,6H,4-5H2,1H3,(H,12,13). The number of benzene rings is 1. The van der Waals surface area contributed by atoms with Crippen LogP contribution in [-0.2, 0) is 9.84 Å². The van der Waals surface area contributed by atoms with Gasteiger partial charge in [-0.2, -0.15) is 0 Å². The molecule has 1 aromatic carbocycles. The number of rotatable bonds is 4. The lowest BCUT2D eigenvalue weighted by molar-refractivity contribution is 0.602. The van der Waals surface area contributed by atoms with Crippen molar-refractivity contribution in [3.63, 3.8) is 0 Å². The number of halogens is 1. The predicted molar refractivity (Wildman–Crippen MR) is 67.8 cm³/mol. The molecule has 0 aliphatic heterocycles. The van der Waals surface area contributed by atoms with Crippen LogP contribution in [0.15, 0.2) is 18.2 Å². The Balaban J connectivity index is 2.09. The molecule has 17 heavy (non-hydrogen) atoms. The van der Waals surface area contributed by atoms with Gasteiger partial charge in [0.15, 0.2) is 5.13 Å². The molecule has 92 valence electrons. The highest BCUT2D eigenvalue weighted by Gasteiger charge is 2.06. The summed E-state index contributed by atoms with van der Waals surface area (Å²) in [5.41, 5.74) is 0.580. The van der Waals surface area contributed by atoms with E-state index in [1.807, 2.05) is 0 Å². The molecule has 0 atom stereocenters. The SMILES string of the molecule is CS(=O)(=O)CCNc1nc2cc(F)ccc2s1. The topological polar surface area (TPSA) is 59.1 Å². The third-order valence-electron chi connectivity index (χ3n) is 2.10. The first-order valence-corrected chi connectivity index (χ1v) is 7.79. The average molecular weight is 274 g/mol. The first-order valence-electron chi connectivity index (χ1n) is 4.92. The van der Waals surface area contributed by atoms with Crippen LogP contribution in [0.25, 0.3) is 10.2 Å². The molecule has 0 saturated heterocycles. The summed E-state index contributed by atoms with van der Waals surface area (Å²) in [7, 11) is -2.98. The zero-order valence-electron chi connectivity index (χ0n) is 9.10. The lowest BCUT2D eigenvalue weighted by Gasteiger charge is -1.99. The predicted octanol–water partition coefficient (Wildman–Crippen LogP) is 1.89. The Morgan fingerprint density at radius 3 is 2.94 bits per heavy atom. The van der Waals surface area contributed by atoms with Crippen molar-refractivity contribution in [1.82, 2.24) is 4.98 Å². The van der Waals surface area contributed by atoms with Crippen LogP contribution in [0.3, 0.4) is 0 Å². The van der Waals surface area contributed by atoms with Crippen LogP contribution in [0.1, 0.15) is 0 Å². The van der Waals surface area contributed by atoms with Crippen molar-refractivity contribution in [2.45, 2.75) is 0 Å². The van der Waals surface area contributed by atoms with Gasteiger partial charge in [0.1, 0.15) is 15.7 Å². The van der Waals surface area contributed by atoms with Crippen LogP contribution < -0.4 is 5.32 Å². The highest BCUT2D eigenvalue weighted by Crippen LogP contribution is 2.26. The van der Waals surface area contributed by atoms with Gasteiger partial charge in [0, 0.05) is 18.9 Å². The Hall–Kier alpha value is -1.21. The molecule has 1 heterocycles. The fourth-order valence-corrected chi connectivity index (χ4v) is 2.66. The van der Waals surface area contributed by atoms with E-state index in [2.05, 4.69) is 10.3 Å². The molecule has 0 spiro atoms. The number of hydrogen-bond donors (Lipinski definition) is 1. The Bertz CT molecular complexity index is 637. The molecule has 1 N–H and O–H groups in total. The highest BCUT2D eigenvalue weighted by atomic mass is 32.2. The number of nitrogens with zero attached hydrogens (tertiary/aromatic N) is 1. The Morgan fingerprint density at radius 1 is 1.47 bits per heavy atom. The van der Waals surface area contributed by atoms with Crippen molar-refractivity contribution in [1.29, 1.82) is 0 Å². The molecule has 0 amide bonds. The van der Waals surface area contributed by atoms with E-state index >= 15 is 0 Å². The van der Waals surface area contributed by atoms with Gasteiger partial charge in [-0.3, -0.25) is 0 Å². The molecule has 2 aromatic rings. The first-order chi connectivity index (χ1) is 7.94. The molecule has 0 fully saturated rings. The van der Waals surface area contributed by atoms with Crippen LogP contribution in [0.2, 0.25) is 0 Å². The van der Waals surface area contributed by atoms with E-state index in [4.69, 9.17) is 0 Å². The van der Waals surface area contributed by atoms with Crippen molar-refractivity contribution in [2.24, 2.45) is 0 Å². The average Bonchev–Trinajstić information content (AvgIpc) is 2.57. The van der Waals surface area contributed by atoms with E-state index in [-0.39, 0.29) is 11.6 Å². The van der Waals surface area contributed by atoms with E-state index in [0.29, 0.717) is 17.2 Å². The van der Waals surface area contributed by atoms with Crippen molar-refractivity contribution < 1.29 is 12.8 Å². The minimum atomic E-state index is -2.98. The maximum Gasteiger partial charge on any atom is 0.183 e. The molecule has 0 radical (unpaired) electrons. The molecular formula is C10H11FN2O2S2. The first kappa shape index (κ1) is 12.3. The zero-order chi connectivity index (χ0) is 12.5. The largest absolute Gasteiger partial charge is 0.360 e. The van der Waals surface area contributed by atoms with Gasteiger partial charge in [0.05, 0.1) is 16.0 Å². The second-order valence-electron chi connectivity index (χ2n) is 3.69. The molecule has 2 rings (SSSR count). The van der Waals surface area contributed by atoms with Crippen LogP contribution >= 0.6 is 11.3 Å². The molecule has 0 unspecified atom stereocenters. The molecule has 4 nitrogen and oxygen atoms in total.